The lowest BCUT2D eigenvalue weighted by atomic mass is 10.1. The third-order valence-electron chi connectivity index (χ3n) is 7.01. The average molecular weight is 541 g/mol. The molecule has 0 aliphatic carbocycles. The Bertz CT molecular complexity index is 1290. The van der Waals surface area contributed by atoms with E-state index in [0.717, 1.165) is 62.3 Å². The predicted octanol–water partition coefficient (Wildman–Crippen LogP) is 4.67. The molecular formula is C28H37ClN6O3. The fourth-order valence-electron chi connectivity index (χ4n) is 5.17. The number of carbonyl (C=O) groups excluding carboxylic acids is 2. The van der Waals surface area contributed by atoms with Gasteiger partial charge >= 0.3 is 6.09 Å². The number of rotatable bonds is 4. The minimum atomic E-state index is -0.631. The highest BCUT2D eigenvalue weighted by Crippen LogP contribution is 2.35. The number of aromatic nitrogens is 2. The third-order valence-corrected chi connectivity index (χ3v) is 7.01. The number of halogens is 1. The summed E-state index contributed by atoms with van der Waals surface area (Å²) in [5, 5.41) is 7.08. The first-order chi connectivity index (χ1) is 17.7. The molecule has 5 rings (SSSR count). The van der Waals surface area contributed by atoms with Gasteiger partial charge in [0.2, 0.25) is 0 Å². The van der Waals surface area contributed by atoms with E-state index in [9.17, 15) is 9.59 Å². The van der Waals surface area contributed by atoms with E-state index in [-0.39, 0.29) is 24.4 Å². The van der Waals surface area contributed by atoms with E-state index < -0.39 is 11.7 Å². The zero-order valence-corrected chi connectivity index (χ0v) is 23.3. The van der Waals surface area contributed by atoms with Gasteiger partial charge in [0.15, 0.2) is 0 Å². The second kappa shape index (κ2) is 11.3. The van der Waals surface area contributed by atoms with E-state index in [1.807, 2.05) is 51.1 Å². The monoisotopic (exact) mass is 540 g/mol. The molecule has 2 aliphatic heterocycles. The van der Waals surface area contributed by atoms with Crippen molar-refractivity contribution < 1.29 is 14.3 Å². The molecule has 0 saturated carbocycles. The number of ether oxygens (including phenoxy) is 1. The molecule has 1 amide bonds. The van der Waals surface area contributed by atoms with Crippen LogP contribution in [-0.4, -0.2) is 71.8 Å². The van der Waals surface area contributed by atoms with Gasteiger partial charge in [-0.2, -0.15) is 0 Å². The van der Waals surface area contributed by atoms with Crippen LogP contribution in [0.15, 0.2) is 42.6 Å². The Morgan fingerprint density at radius 3 is 2.42 bits per heavy atom. The summed E-state index contributed by atoms with van der Waals surface area (Å²) >= 11 is 0. The summed E-state index contributed by atoms with van der Waals surface area (Å²) in [6.07, 6.45) is 3.32. The van der Waals surface area contributed by atoms with Crippen LogP contribution in [0.3, 0.4) is 0 Å². The van der Waals surface area contributed by atoms with Gasteiger partial charge in [-0.15, -0.1) is 12.4 Å². The molecule has 9 nitrogen and oxygen atoms in total. The summed E-state index contributed by atoms with van der Waals surface area (Å²) in [4.78, 5) is 35.4. The summed E-state index contributed by atoms with van der Waals surface area (Å²) in [5.74, 6) is 0.141. The van der Waals surface area contributed by atoms with Crippen molar-refractivity contribution in [3.05, 3.63) is 53.9 Å². The first-order valence-electron chi connectivity index (χ1n) is 13.0. The van der Waals surface area contributed by atoms with Gasteiger partial charge in [-0.25, -0.2) is 14.3 Å². The van der Waals surface area contributed by atoms with Crippen molar-refractivity contribution in [2.75, 3.05) is 50.0 Å². The van der Waals surface area contributed by atoms with Crippen molar-refractivity contribution in [1.82, 2.24) is 19.8 Å². The highest BCUT2D eigenvalue weighted by molar-refractivity contribution is 6.05. The normalized spacial score (nSPS) is 18.3. The Balaban J connectivity index is 0.00000336. The second-order valence-electron chi connectivity index (χ2n) is 10.9. The number of benzene rings is 1. The number of nitrogens with one attached hydrogen (secondary N) is 2. The van der Waals surface area contributed by atoms with E-state index in [2.05, 4.69) is 32.5 Å². The second-order valence-corrected chi connectivity index (χ2v) is 10.9. The van der Waals surface area contributed by atoms with Gasteiger partial charge in [0.25, 0.3) is 5.91 Å². The van der Waals surface area contributed by atoms with Gasteiger partial charge in [-0.3, -0.25) is 9.69 Å². The Morgan fingerprint density at radius 1 is 1.08 bits per heavy atom. The van der Waals surface area contributed by atoms with Gasteiger partial charge in [0.05, 0.1) is 11.6 Å². The fourth-order valence-corrected chi connectivity index (χ4v) is 5.17. The molecule has 3 aromatic rings. The summed E-state index contributed by atoms with van der Waals surface area (Å²) in [7, 11) is 2.08. The summed E-state index contributed by atoms with van der Waals surface area (Å²) in [6.45, 7) is 10.4. The lowest BCUT2D eigenvalue weighted by Crippen LogP contribution is -2.43. The molecule has 2 N–H and O–H groups in total. The number of anilines is 2. The van der Waals surface area contributed by atoms with Crippen molar-refractivity contribution in [2.45, 2.75) is 45.3 Å². The molecular weight excluding hydrogens is 504 g/mol. The zero-order valence-electron chi connectivity index (χ0n) is 22.5. The highest BCUT2D eigenvalue weighted by atomic mass is 35.5. The number of likely N-dealkylation sites (tertiary alicyclic amines) is 1. The van der Waals surface area contributed by atoms with Crippen molar-refractivity contribution in [3.63, 3.8) is 0 Å². The molecule has 204 valence electrons. The number of nitrogens with zero attached hydrogens (tertiary/aromatic N) is 4. The maximum atomic E-state index is 13.3. The van der Waals surface area contributed by atoms with Crippen LogP contribution in [0, 0.1) is 0 Å². The van der Waals surface area contributed by atoms with Crippen LogP contribution in [0.25, 0.3) is 10.9 Å². The van der Waals surface area contributed by atoms with Gasteiger partial charge in [0.1, 0.15) is 11.4 Å². The largest absolute Gasteiger partial charge is 0.443 e. The van der Waals surface area contributed by atoms with Crippen LogP contribution in [0.1, 0.15) is 55.7 Å². The molecule has 4 heterocycles. The van der Waals surface area contributed by atoms with Crippen molar-refractivity contribution in [2.24, 2.45) is 0 Å². The lowest BCUT2D eigenvalue weighted by Gasteiger charge is -2.29. The maximum absolute atomic E-state index is 13.3. The van der Waals surface area contributed by atoms with Crippen LogP contribution < -0.4 is 15.5 Å². The molecule has 0 radical (unpaired) electrons. The zero-order chi connectivity index (χ0) is 26.2. The summed E-state index contributed by atoms with van der Waals surface area (Å²) < 4.78 is 7.41. The Labute approximate surface area is 229 Å². The molecule has 1 aromatic carbocycles. The van der Waals surface area contributed by atoms with E-state index in [1.165, 1.54) is 0 Å². The average Bonchev–Trinajstić information content (AvgIpc) is 3.46. The molecule has 0 spiro atoms. The van der Waals surface area contributed by atoms with Crippen LogP contribution >= 0.6 is 12.4 Å². The molecule has 2 aromatic heterocycles. The first kappa shape index (κ1) is 27.9. The molecule has 2 aliphatic rings. The smallest absolute Gasteiger partial charge is 0.419 e. The van der Waals surface area contributed by atoms with E-state index in [1.54, 1.807) is 16.8 Å². The molecule has 38 heavy (non-hydrogen) atoms. The molecule has 0 unspecified atom stereocenters. The Morgan fingerprint density at radius 2 is 1.79 bits per heavy atom. The topological polar surface area (TPSA) is 91.7 Å². The molecule has 2 saturated heterocycles. The number of hydrogen-bond donors (Lipinski definition) is 2. The number of piperazine rings is 1. The van der Waals surface area contributed by atoms with Gasteiger partial charge < -0.3 is 20.3 Å². The lowest BCUT2D eigenvalue weighted by molar-refractivity contribution is 0.0534. The number of carbonyl (C=O) groups is 2. The first-order valence-corrected chi connectivity index (χ1v) is 13.0. The number of pyridine rings is 1. The maximum Gasteiger partial charge on any atom is 0.419 e. The van der Waals surface area contributed by atoms with Gasteiger partial charge in [-0.1, -0.05) is 0 Å². The number of hydrogen-bond acceptors (Lipinski definition) is 7. The minimum absolute atomic E-state index is 0. The van der Waals surface area contributed by atoms with Crippen molar-refractivity contribution in [3.8, 4) is 0 Å². The Hall–Kier alpha value is -3.14. The SMILES string of the molecule is CN1CCC[C@@H]1c1cc2cnc(NC(=O)c3ccc(N4CCNCC4)cc3)cc2n1C(=O)OC(C)(C)C.Cl. The van der Waals surface area contributed by atoms with E-state index >= 15 is 0 Å². The van der Waals surface area contributed by atoms with Crippen molar-refractivity contribution >= 4 is 46.8 Å². The summed E-state index contributed by atoms with van der Waals surface area (Å²) in [6, 6.07) is 11.5. The number of amides is 1. The minimum Gasteiger partial charge on any atom is -0.443 e. The summed E-state index contributed by atoms with van der Waals surface area (Å²) in [5.41, 5.74) is 2.59. The molecule has 2 fully saturated rings. The predicted molar refractivity (Wildman–Crippen MR) is 153 cm³/mol. The fraction of sp³-hybridized carbons (Fsp3) is 0.464. The van der Waals surface area contributed by atoms with Gasteiger partial charge in [0, 0.05) is 60.8 Å². The molecule has 0 bridgehead atoms. The number of fused-ring (bicyclic) bond motifs is 1. The van der Waals surface area contributed by atoms with Gasteiger partial charge in [-0.05, 0) is 77.5 Å². The van der Waals surface area contributed by atoms with Crippen molar-refractivity contribution in [1.29, 1.82) is 0 Å². The van der Waals surface area contributed by atoms with Crippen LogP contribution in [0.2, 0.25) is 0 Å². The quantitative estimate of drug-likeness (QED) is 0.497. The third kappa shape index (κ3) is 5.95. The van der Waals surface area contributed by atoms with E-state index in [4.69, 9.17) is 4.74 Å². The molecule has 1 atom stereocenters. The van der Waals surface area contributed by atoms with Crippen LogP contribution in [0.4, 0.5) is 16.3 Å². The Kier molecular flexibility index (Phi) is 8.30. The highest BCUT2D eigenvalue weighted by Gasteiger charge is 2.30. The standard InChI is InChI=1S/C28H36N6O3.ClH/c1-28(2,3)37-27(36)34-23-17-25(30-18-20(23)16-24(34)22-6-5-13-32(22)4)31-26(35)19-7-9-21(10-8-19)33-14-11-29-12-15-33;/h7-10,16-18,22,29H,5-6,11-15H2,1-4H3,(H,30,31,35);1H/t22-;/m1./s1. The van der Waals surface area contributed by atoms with E-state index in [0.29, 0.717) is 16.9 Å². The van der Waals surface area contributed by atoms with Crippen LogP contribution in [-0.2, 0) is 4.74 Å². The van der Waals surface area contributed by atoms with Crippen LogP contribution in [0.5, 0.6) is 0 Å². The molecule has 10 heteroatoms.